The van der Waals surface area contributed by atoms with E-state index in [1.807, 2.05) is 20.8 Å². The Morgan fingerprint density at radius 2 is 2.18 bits per heavy atom. The van der Waals surface area contributed by atoms with Crippen LogP contribution in [-0.2, 0) is 9.47 Å². The number of aliphatic hydroxyl groups excluding tert-OH is 1. The third-order valence-electron chi connectivity index (χ3n) is 3.44. The molecular formula is C16H32N2O4. The molecule has 1 amide bonds. The lowest BCUT2D eigenvalue weighted by molar-refractivity contribution is 0.00871. The van der Waals surface area contributed by atoms with E-state index in [9.17, 15) is 9.90 Å². The van der Waals surface area contributed by atoms with Crippen LogP contribution in [0.5, 0.6) is 0 Å². The molecule has 0 bridgehead atoms. The molecule has 1 aliphatic rings. The summed E-state index contributed by atoms with van der Waals surface area (Å²) in [7, 11) is 0. The van der Waals surface area contributed by atoms with Crippen molar-refractivity contribution in [1.29, 1.82) is 0 Å². The Hall–Kier alpha value is -0.850. The van der Waals surface area contributed by atoms with Crippen LogP contribution in [0, 0.1) is 0 Å². The van der Waals surface area contributed by atoms with Gasteiger partial charge in [0.1, 0.15) is 5.60 Å². The van der Waals surface area contributed by atoms with Crippen molar-refractivity contribution in [3.05, 3.63) is 0 Å². The fourth-order valence-corrected chi connectivity index (χ4v) is 2.49. The van der Waals surface area contributed by atoms with Gasteiger partial charge in [0.2, 0.25) is 0 Å². The maximum absolute atomic E-state index is 12.2. The first kappa shape index (κ1) is 19.2. The van der Waals surface area contributed by atoms with Crippen LogP contribution >= 0.6 is 0 Å². The van der Waals surface area contributed by atoms with Crippen molar-refractivity contribution >= 4 is 6.09 Å². The van der Waals surface area contributed by atoms with Gasteiger partial charge in [-0.2, -0.15) is 0 Å². The average Bonchev–Trinajstić information content (AvgIpc) is 2.35. The lowest BCUT2D eigenvalue weighted by Crippen LogP contribution is -2.46. The molecule has 2 N–H and O–H groups in total. The van der Waals surface area contributed by atoms with E-state index in [0.29, 0.717) is 19.1 Å². The van der Waals surface area contributed by atoms with E-state index in [0.717, 1.165) is 19.4 Å². The molecule has 0 aromatic carbocycles. The van der Waals surface area contributed by atoms with Crippen LogP contribution in [0.3, 0.4) is 0 Å². The summed E-state index contributed by atoms with van der Waals surface area (Å²) >= 11 is 0. The Morgan fingerprint density at radius 1 is 1.50 bits per heavy atom. The number of carbonyl (C=O) groups is 1. The van der Waals surface area contributed by atoms with Crippen molar-refractivity contribution in [2.24, 2.45) is 0 Å². The average molecular weight is 316 g/mol. The summed E-state index contributed by atoms with van der Waals surface area (Å²) in [6.07, 6.45) is 1.31. The van der Waals surface area contributed by atoms with E-state index in [1.54, 1.807) is 11.8 Å². The largest absolute Gasteiger partial charge is 0.444 e. The van der Waals surface area contributed by atoms with E-state index in [4.69, 9.17) is 9.47 Å². The predicted molar refractivity (Wildman–Crippen MR) is 85.9 cm³/mol. The van der Waals surface area contributed by atoms with Crippen molar-refractivity contribution < 1.29 is 19.4 Å². The third-order valence-corrected chi connectivity index (χ3v) is 3.44. The number of nitrogens with zero attached hydrogens (tertiary/aromatic N) is 1. The zero-order valence-electron chi connectivity index (χ0n) is 14.6. The van der Waals surface area contributed by atoms with E-state index in [2.05, 4.69) is 12.2 Å². The van der Waals surface area contributed by atoms with Crippen LogP contribution in [0.25, 0.3) is 0 Å². The van der Waals surface area contributed by atoms with Gasteiger partial charge in [0.15, 0.2) is 0 Å². The van der Waals surface area contributed by atoms with Gasteiger partial charge >= 0.3 is 6.09 Å². The monoisotopic (exact) mass is 316 g/mol. The normalized spacial score (nSPS) is 23.9. The van der Waals surface area contributed by atoms with Gasteiger partial charge in [-0.05, 0) is 47.5 Å². The molecule has 1 rings (SSSR count). The molecule has 1 saturated heterocycles. The minimum absolute atomic E-state index is 0.279. The number of hydrogen-bond donors (Lipinski definition) is 2. The highest BCUT2D eigenvalue weighted by molar-refractivity contribution is 5.68. The van der Waals surface area contributed by atoms with Crippen LogP contribution in [0.2, 0.25) is 0 Å². The lowest BCUT2D eigenvalue weighted by Gasteiger charge is -2.31. The number of nitrogens with one attached hydrogen (secondary N) is 1. The summed E-state index contributed by atoms with van der Waals surface area (Å²) in [4.78, 5) is 13.7. The van der Waals surface area contributed by atoms with Crippen LogP contribution in [0.4, 0.5) is 4.79 Å². The zero-order valence-corrected chi connectivity index (χ0v) is 14.6. The van der Waals surface area contributed by atoms with Crippen molar-refractivity contribution in [3.63, 3.8) is 0 Å². The highest BCUT2D eigenvalue weighted by Gasteiger charge is 2.24. The van der Waals surface area contributed by atoms with Crippen LogP contribution in [0.15, 0.2) is 0 Å². The Balaban J connectivity index is 2.42. The Morgan fingerprint density at radius 3 is 2.73 bits per heavy atom. The first-order valence-corrected chi connectivity index (χ1v) is 8.18. The maximum atomic E-state index is 12.2. The van der Waals surface area contributed by atoms with Gasteiger partial charge < -0.3 is 24.8 Å². The second kappa shape index (κ2) is 8.70. The smallest absolute Gasteiger partial charge is 0.410 e. The van der Waals surface area contributed by atoms with E-state index >= 15 is 0 Å². The molecule has 22 heavy (non-hydrogen) atoms. The third kappa shape index (κ3) is 7.96. The molecule has 0 aromatic rings. The molecule has 0 aliphatic carbocycles. The molecule has 130 valence electrons. The van der Waals surface area contributed by atoms with Crippen molar-refractivity contribution in [3.8, 4) is 0 Å². The summed E-state index contributed by atoms with van der Waals surface area (Å²) in [6.45, 7) is 11.5. The molecule has 1 fully saturated rings. The topological polar surface area (TPSA) is 71.0 Å². The van der Waals surface area contributed by atoms with E-state index in [-0.39, 0.29) is 18.7 Å². The summed E-state index contributed by atoms with van der Waals surface area (Å²) in [5, 5.41) is 13.0. The lowest BCUT2D eigenvalue weighted by atomic mass is 10.0. The van der Waals surface area contributed by atoms with Crippen LogP contribution < -0.4 is 5.32 Å². The van der Waals surface area contributed by atoms with Gasteiger partial charge in [-0.3, -0.25) is 0 Å². The minimum atomic E-state index is -0.573. The molecule has 6 heteroatoms. The van der Waals surface area contributed by atoms with Crippen molar-refractivity contribution in [2.75, 3.05) is 26.2 Å². The van der Waals surface area contributed by atoms with Gasteiger partial charge in [-0.1, -0.05) is 0 Å². The van der Waals surface area contributed by atoms with Crippen molar-refractivity contribution in [2.45, 2.75) is 71.3 Å². The number of rotatable bonds is 6. The van der Waals surface area contributed by atoms with Crippen LogP contribution in [-0.4, -0.2) is 66.2 Å². The molecular weight excluding hydrogens is 284 g/mol. The van der Waals surface area contributed by atoms with Crippen LogP contribution in [0.1, 0.15) is 47.5 Å². The molecule has 1 heterocycles. The second-order valence-electron chi connectivity index (χ2n) is 7.13. The van der Waals surface area contributed by atoms with E-state index < -0.39 is 11.7 Å². The maximum Gasteiger partial charge on any atom is 0.410 e. The van der Waals surface area contributed by atoms with E-state index in [1.165, 1.54) is 0 Å². The fraction of sp³-hybridized carbons (Fsp3) is 0.938. The van der Waals surface area contributed by atoms with Gasteiger partial charge in [-0.15, -0.1) is 0 Å². The predicted octanol–water partition coefficient (Wildman–Crippen LogP) is 1.76. The molecule has 1 aliphatic heterocycles. The van der Waals surface area contributed by atoms with Gasteiger partial charge in [0.05, 0.1) is 12.2 Å². The summed E-state index contributed by atoms with van der Waals surface area (Å²) in [5.41, 5.74) is -0.530. The second-order valence-corrected chi connectivity index (χ2v) is 7.13. The summed E-state index contributed by atoms with van der Waals surface area (Å²) < 4.78 is 10.9. The molecule has 3 atom stereocenters. The number of aliphatic hydroxyl groups is 1. The first-order valence-electron chi connectivity index (χ1n) is 8.18. The standard InChI is InChI=1S/C16H32N2O4/c1-12(19)11-18(15(20)22-16(3,4)5)8-7-17-14-6-9-21-13(2)10-14/h12-14,17,19H,6-11H2,1-5H3. The molecule has 0 saturated carbocycles. The Kier molecular flexibility index (Phi) is 7.59. The minimum Gasteiger partial charge on any atom is -0.444 e. The van der Waals surface area contributed by atoms with Gasteiger partial charge in [0, 0.05) is 32.3 Å². The Labute approximate surface area is 134 Å². The SMILES string of the molecule is CC(O)CN(CCNC1CCOC(C)C1)C(=O)OC(C)(C)C. The molecule has 0 radical (unpaired) electrons. The number of hydrogen-bond acceptors (Lipinski definition) is 5. The van der Waals surface area contributed by atoms with Crippen molar-refractivity contribution in [1.82, 2.24) is 10.2 Å². The summed E-state index contributed by atoms with van der Waals surface area (Å²) in [5.74, 6) is 0. The van der Waals surface area contributed by atoms with Gasteiger partial charge in [0.25, 0.3) is 0 Å². The molecule has 0 aromatic heterocycles. The quantitative estimate of drug-likeness (QED) is 0.781. The highest BCUT2D eigenvalue weighted by Crippen LogP contribution is 2.13. The zero-order chi connectivity index (χ0) is 16.8. The number of carbonyl (C=O) groups excluding carboxylic acids is 1. The van der Waals surface area contributed by atoms with Gasteiger partial charge in [-0.25, -0.2) is 4.79 Å². The first-order chi connectivity index (χ1) is 10.2. The summed E-state index contributed by atoms with van der Waals surface area (Å²) in [6, 6.07) is 0.427. The molecule has 6 nitrogen and oxygen atoms in total. The highest BCUT2D eigenvalue weighted by atomic mass is 16.6. The molecule has 0 spiro atoms. The number of ether oxygens (including phenoxy) is 2. The Bertz CT molecular complexity index is 342. The molecule has 3 unspecified atom stereocenters. The number of amides is 1. The fourth-order valence-electron chi connectivity index (χ4n) is 2.49.